The summed E-state index contributed by atoms with van der Waals surface area (Å²) in [6, 6.07) is 13.3. The maximum absolute atomic E-state index is 14.9. The number of aliphatic hydroxyl groups excluding tert-OH is 1. The molecular weight excluding hydrogens is 494 g/mol. The Bertz CT molecular complexity index is 1400. The molecule has 7 nitrogen and oxygen atoms in total. The molecule has 0 saturated carbocycles. The predicted octanol–water partition coefficient (Wildman–Crippen LogP) is 5.45. The maximum Gasteiger partial charge on any atom is 0.300 e. The third-order valence-electron chi connectivity index (χ3n) is 6.61. The van der Waals surface area contributed by atoms with Crippen molar-refractivity contribution >= 4 is 28.8 Å². The van der Waals surface area contributed by atoms with Crippen LogP contribution in [0, 0.1) is 11.6 Å². The number of ketones is 1. The molecule has 0 bridgehead atoms. The van der Waals surface area contributed by atoms with Crippen molar-refractivity contribution in [1.82, 2.24) is 0 Å². The van der Waals surface area contributed by atoms with Crippen LogP contribution in [0.15, 0.2) is 66.2 Å². The van der Waals surface area contributed by atoms with Gasteiger partial charge in [0.15, 0.2) is 0 Å². The number of ether oxygens (including phenoxy) is 2. The number of carbonyl (C=O) groups is 2. The van der Waals surface area contributed by atoms with Crippen LogP contribution >= 0.6 is 0 Å². The number of amides is 1. The molecule has 38 heavy (non-hydrogen) atoms. The van der Waals surface area contributed by atoms with Crippen LogP contribution in [-0.2, 0) is 9.59 Å². The van der Waals surface area contributed by atoms with Gasteiger partial charge in [-0.15, -0.1) is 0 Å². The normalized spacial score (nSPS) is 16.6. The van der Waals surface area contributed by atoms with E-state index in [2.05, 4.69) is 4.90 Å². The molecule has 0 spiro atoms. The highest BCUT2D eigenvalue weighted by Crippen LogP contribution is 2.44. The highest BCUT2D eigenvalue weighted by molar-refractivity contribution is 6.51. The number of rotatable bonds is 8. The van der Waals surface area contributed by atoms with Crippen molar-refractivity contribution in [3.05, 3.63) is 89.0 Å². The number of halogens is 2. The van der Waals surface area contributed by atoms with Gasteiger partial charge < -0.3 is 19.5 Å². The van der Waals surface area contributed by atoms with Crippen LogP contribution in [0.4, 0.5) is 20.2 Å². The minimum absolute atomic E-state index is 0.149. The van der Waals surface area contributed by atoms with Gasteiger partial charge in [-0.3, -0.25) is 14.5 Å². The van der Waals surface area contributed by atoms with Gasteiger partial charge >= 0.3 is 0 Å². The highest BCUT2D eigenvalue weighted by Gasteiger charge is 2.48. The van der Waals surface area contributed by atoms with Gasteiger partial charge in [0.25, 0.3) is 11.7 Å². The van der Waals surface area contributed by atoms with Crippen molar-refractivity contribution in [2.45, 2.75) is 19.9 Å². The third-order valence-corrected chi connectivity index (χ3v) is 6.61. The van der Waals surface area contributed by atoms with Crippen LogP contribution in [0.5, 0.6) is 11.5 Å². The maximum atomic E-state index is 14.9. The van der Waals surface area contributed by atoms with Crippen molar-refractivity contribution in [2.75, 3.05) is 37.1 Å². The molecule has 1 atom stereocenters. The van der Waals surface area contributed by atoms with E-state index in [1.165, 1.54) is 26.4 Å². The average molecular weight is 523 g/mol. The van der Waals surface area contributed by atoms with Crippen LogP contribution in [0.25, 0.3) is 5.76 Å². The van der Waals surface area contributed by atoms with Crippen molar-refractivity contribution in [3.63, 3.8) is 0 Å². The van der Waals surface area contributed by atoms with E-state index < -0.39 is 35.1 Å². The lowest BCUT2D eigenvalue weighted by Crippen LogP contribution is -2.30. The van der Waals surface area contributed by atoms with Gasteiger partial charge in [0.1, 0.15) is 28.9 Å². The molecule has 3 aromatic rings. The molecule has 0 radical (unpaired) electrons. The summed E-state index contributed by atoms with van der Waals surface area (Å²) in [5.74, 6) is -3.74. The molecule has 0 aromatic heterocycles. The zero-order valence-electron chi connectivity index (χ0n) is 21.5. The summed E-state index contributed by atoms with van der Waals surface area (Å²) < 4.78 is 39.2. The number of anilines is 2. The molecule has 0 aliphatic carbocycles. The topological polar surface area (TPSA) is 79.3 Å². The summed E-state index contributed by atoms with van der Waals surface area (Å²) in [5, 5.41) is 11.4. The van der Waals surface area contributed by atoms with Gasteiger partial charge in [0.2, 0.25) is 0 Å². The van der Waals surface area contributed by atoms with Gasteiger partial charge in [-0.05, 0) is 55.8 Å². The van der Waals surface area contributed by atoms with Crippen LogP contribution < -0.4 is 19.3 Å². The fourth-order valence-corrected chi connectivity index (χ4v) is 4.67. The molecule has 1 fully saturated rings. The van der Waals surface area contributed by atoms with Gasteiger partial charge in [0.05, 0.1) is 37.1 Å². The van der Waals surface area contributed by atoms with E-state index in [1.54, 1.807) is 18.2 Å². The molecule has 1 aliphatic rings. The van der Waals surface area contributed by atoms with Crippen molar-refractivity contribution < 1.29 is 33.0 Å². The first-order valence-electron chi connectivity index (χ1n) is 12.1. The van der Waals surface area contributed by atoms with E-state index in [1.807, 2.05) is 26.0 Å². The number of Topliss-reactive ketones (excluding diaryl/α,β-unsaturated/α-hetero) is 1. The number of hydrogen-bond donors (Lipinski definition) is 1. The Labute approximate surface area is 219 Å². The molecule has 3 aromatic carbocycles. The standard InChI is InChI=1S/C29H28F2N2O5/c1-5-32(6-2)19-10-7-17(8-11-19)26-25(27(34)21-13-12-20(37-3)16-24(21)38-4)28(35)29(36)33(26)23-14-9-18(30)15-22(23)31/h7-16,26,34H,5-6H2,1-4H3/b27-25-. The second-order valence-corrected chi connectivity index (χ2v) is 8.59. The lowest BCUT2D eigenvalue weighted by Gasteiger charge is -2.27. The fraction of sp³-hybridized carbons (Fsp3) is 0.241. The largest absolute Gasteiger partial charge is 0.507 e. The molecule has 1 amide bonds. The SMILES string of the molecule is CCN(CC)c1ccc(C2/C(=C(/O)c3ccc(OC)cc3OC)C(=O)C(=O)N2c2ccc(F)cc2F)cc1. The molecule has 1 heterocycles. The van der Waals surface area contributed by atoms with Gasteiger partial charge in [-0.1, -0.05) is 12.1 Å². The second kappa shape index (κ2) is 10.9. The van der Waals surface area contributed by atoms with E-state index >= 15 is 0 Å². The first kappa shape index (κ1) is 26.7. The monoisotopic (exact) mass is 522 g/mol. The molecule has 1 aliphatic heterocycles. The van der Waals surface area contributed by atoms with Crippen LogP contribution in [0.3, 0.4) is 0 Å². The van der Waals surface area contributed by atoms with Crippen molar-refractivity contribution in [3.8, 4) is 11.5 Å². The van der Waals surface area contributed by atoms with Crippen LogP contribution in [0.1, 0.15) is 31.0 Å². The van der Waals surface area contributed by atoms with E-state index in [-0.39, 0.29) is 22.6 Å². The zero-order chi connectivity index (χ0) is 27.6. The van der Waals surface area contributed by atoms with Crippen molar-refractivity contribution in [2.24, 2.45) is 0 Å². The smallest absolute Gasteiger partial charge is 0.300 e. The number of carbonyl (C=O) groups excluding carboxylic acids is 2. The van der Waals surface area contributed by atoms with Crippen molar-refractivity contribution in [1.29, 1.82) is 0 Å². The summed E-state index contributed by atoms with van der Waals surface area (Å²) in [4.78, 5) is 29.7. The van der Waals surface area contributed by atoms with E-state index in [9.17, 15) is 23.5 Å². The Kier molecular flexibility index (Phi) is 7.66. The predicted molar refractivity (Wildman–Crippen MR) is 141 cm³/mol. The molecule has 9 heteroatoms. The van der Waals surface area contributed by atoms with E-state index in [0.717, 1.165) is 35.8 Å². The first-order valence-corrected chi connectivity index (χ1v) is 12.1. The number of nitrogens with zero attached hydrogens (tertiary/aromatic N) is 2. The molecule has 198 valence electrons. The molecule has 1 N–H and O–H groups in total. The Morgan fingerprint density at radius 1 is 0.947 bits per heavy atom. The lowest BCUT2D eigenvalue weighted by atomic mass is 9.94. The third kappa shape index (κ3) is 4.67. The van der Waals surface area contributed by atoms with E-state index in [4.69, 9.17) is 9.47 Å². The summed E-state index contributed by atoms with van der Waals surface area (Å²) in [6.45, 7) is 5.58. The lowest BCUT2D eigenvalue weighted by molar-refractivity contribution is -0.132. The van der Waals surface area contributed by atoms with Crippen LogP contribution in [0.2, 0.25) is 0 Å². The number of benzene rings is 3. The molecular formula is C29H28F2N2O5. The fourth-order valence-electron chi connectivity index (χ4n) is 4.67. The molecule has 1 saturated heterocycles. The zero-order valence-corrected chi connectivity index (χ0v) is 21.5. The quantitative estimate of drug-likeness (QED) is 0.241. The Hall–Kier alpha value is -4.40. The summed E-state index contributed by atoms with van der Waals surface area (Å²) in [5.41, 5.74) is 0.985. The number of aliphatic hydroxyl groups is 1. The Morgan fingerprint density at radius 3 is 2.21 bits per heavy atom. The summed E-state index contributed by atoms with van der Waals surface area (Å²) in [7, 11) is 2.86. The number of methoxy groups -OCH3 is 2. The minimum Gasteiger partial charge on any atom is -0.507 e. The summed E-state index contributed by atoms with van der Waals surface area (Å²) in [6.07, 6.45) is 0. The van der Waals surface area contributed by atoms with Crippen LogP contribution in [-0.4, -0.2) is 44.1 Å². The van der Waals surface area contributed by atoms with E-state index in [0.29, 0.717) is 17.4 Å². The Balaban J connectivity index is 1.95. The second-order valence-electron chi connectivity index (χ2n) is 8.59. The number of hydrogen-bond acceptors (Lipinski definition) is 6. The Morgan fingerprint density at radius 2 is 1.63 bits per heavy atom. The molecule has 4 rings (SSSR count). The van der Waals surface area contributed by atoms with Gasteiger partial charge in [0, 0.05) is 30.9 Å². The summed E-state index contributed by atoms with van der Waals surface area (Å²) >= 11 is 0. The minimum atomic E-state index is -1.19. The highest BCUT2D eigenvalue weighted by atomic mass is 19.1. The van der Waals surface area contributed by atoms with Gasteiger partial charge in [-0.25, -0.2) is 8.78 Å². The van der Waals surface area contributed by atoms with Gasteiger partial charge in [-0.2, -0.15) is 0 Å². The molecule has 1 unspecified atom stereocenters. The first-order chi connectivity index (χ1) is 18.2. The average Bonchev–Trinajstić information content (AvgIpc) is 3.19.